The van der Waals surface area contributed by atoms with Crippen molar-refractivity contribution in [1.29, 1.82) is 0 Å². The number of hydrogen-bond acceptors (Lipinski definition) is 1. The van der Waals surface area contributed by atoms with Crippen LogP contribution in [0, 0.1) is 0 Å². The number of aryl methyl sites for hydroxylation is 1. The molecule has 0 saturated carbocycles. The molecule has 1 aromatic carbocycles. The maximum absolute atomic E-state index is 9.48. The lowest BCUT2D eigenvalue weighted by Crippen LogP contribution is -2.27. The average molecular weight is 160 g/mol. The molecule has 0 aliphatic heterocycles. The van der Waals surface area contributed by atoms with Crippen molar-refractivity contribution in [1.82, 2.24) is 0 Å². The number of rotatable bonds is 0. The summed E-state index contributed by atoms with van der Waals surface area (Å²) in [5, 5.41) is 10.4. The van der Waals surface area contributed by atoms with E-state index in [0.29, 0.717) is 5.75 Å². The monoisotopic (exact) mass is 160 g/mol. The Kier molecular flexibility index (Phi) is 1.47. The zero-order valence-electron chi connectivity index (χ0n) is 6.86. The molecule has 0 saturated heterocycles. The summed E-state index contributed by atoms with van der Waals surface area (Å²) in [7, 11) is 1.96. The summed E-state index contributed by atoms with van der Waals surface area (Å²) in [5.41, 5.74) is 1.04. The van der Waals surface area contributed by atoms with Gasteiger partial charge in [0.2, 0.25) is 5.52 Å². The van der Waals surface area contributed by atoms with E-state index in [1.165, 1.54) is 0 Å². The Morgan fingerprint density at radius 2 is 1.92 bits per heavy atom. The molecule has 0 spiro atoms. The topological polar surface area (TPSA) is 24.1 Å². The van der Waals surface area contributed by atoms with Gasteiger partial charge < -0.3 is 5.11 Å². The van der Waals surface area contributed by atoms with Gasteiger partial charge in [0.25, 0.3) is 0 Å². The highest BCUT2D eigenvalue weighted by Crippen LogP contribution is 2.19. The van der Waals surface area contributed by atoms with Gasteiger partial charge in [0, 0.05) is 12.1 Å². The minimum absolute atomic E-state index is 0.337. The summed E-state index contributed by atoms with van der Waals surface area (Å²) in [6.45, 7) is 0. The van der Waals surface area contributed by atoms with Gasteiger partial charge >= 0.3 is 0 Å². The normalized spacial score (nSPS) is 10.4. The van der Waals surface area contributed by atoms with Crippen LogP contribution in [0.5, 0.6) is 5.75 Å². The zero-order valence-corrected chi connectivity index (χ0v) is 6.86. The largest absolute Gasteiger partial charge is 0.507 e. The van der Waals surface area contributed by atoms with E-state index in [1.807, 2.05) is 42.1 Å². The summed E-state index contributed by atoms with van der Waals surface area (Å²) >= 11 is 0. The fraction of sp³-hybridized carbons (Fsp3) is 0.100. The highest BCUT2D eigenvalue weighted by Gasteiger charge is 2.06. The van der Waals surface area contributed by atoms with Crippen molar-refractivity contribution in [2.45, 2.75) is 0 Å². The molecule has 0 radical (unpaired) electrons. The van der Waals surface area contributed by atoms with Crippen LogP contribution >= 0.6 is 0 Å². The van der Waals surface area contributed by atoms with Crippen LogP contribution in [0.4, 0.5) is 0 Å². The summed E-state index contributed by atoms with van der Waals surface area (Å²) in [4.78, 5) is 0. The number of nitrogens with zero attached hydrogens (tertiary/aromatic N) is 1. The minimum atomic E-state index is 0.337. The van der Waals surface area contributed by atoms with E-state index in [2.05, 4.69) is 0 Å². The molecule has 0 fully saturated rings. The molecule has 1 N–H and O–H groups in total. The third kappa shape index (κ3) is 0.925. The molecule has 2 aromatic rings. The summed E-state index contributed by atoms with van der Waals surface area (Å²) in [6, 6.07) is 9.46. The van der Waals surface area contributed by atoms with Crippen LogP contribution < -0.4 is 4.57 Å². The van der Waals surface area contributed by atoms with Crippen LogP contribution in [0.25, 0.3) is 10.9 Å². The van der Waals surface area contributed by atoms with Crippen LogP contribution in [0.3, 0.4) is 0 Å². The van der Waals surface area contributed by atoms with Gasteiger partial charge in [0.15, 0.2) is 6.20 Å². The number of pyridine rings is 1. The van der Waals surface area contributed by atoms with E-state index < -0.39 is 0 Å². The highest BCUT2D eigenvalue weighted by molar-refractivity contribution is 5.81. The van der Waals surface area contributed by atoms with E-state index in [-0.39, 0.29) is 0 Å². The number of aromatic nitrogens is 1. The molecule has 2 rings (SSSR count). The fourth-order valence-electron chi connectivity index (χ4n) is 1.35. The van der Waals surface area contributed by atoms with Crippen molar-refractivity contribution in [2.75, 3.05) is 0 Å². The lowest BCUT2D eigenvalue weighted by molar-refractivity contribution is -0.644. The van der Waals surface area contributed by atoms with Crippen LogP contribution in [-0.4, -0.2) is 5.11 Å². The predicted molar refractivity (Wildman–Crippen MR) is 46.8 cm³/mol. The van der Waals surface area contributed by atoms with Crippen molar-refractivity contribution in [2.24, 2.45) is 7.05 Å². The van der Waals surface area contributed by atoms with Gasteiger partial charge in [0.1, 0.15) is 12.8 Å². The molecule has 1 aromatic heterocycles. The van der Waals surface area contributed by atoms with E-state index in [1.54, 1.807) is 6.07 Å². The molecule has 0 aliphatic carbocycles. The number of hydrogen-bond donors (Lipinski definition) is 1. The van der Waals surface area contributed by atoms with Gasteiger partial charge in [-0.3, -0.25) is 0 Å². The second kappa shape index (κ2) is 2.48. The predicted octanol–water partition coefficient (Wildman–Crippen LogP) is 1.37. The lowest BCUT2D eigenvalue weighted by atomic mass is 10.2. The van der Waals surface area contributed by atoms with Crippen molar-refractivity contribution < 1.29 is 9.67 Å². The first-order valence-electron chi connectivity index (χ1n) is 3.85. The second-order valence-corrected chi connectivity index (χ2v) is 2.83. The first-order chi connectivity index (χ1) is 5.79. The van der Waals surface area contributed by atoms with Gasteiger partial charge in [-0.1, -0.05) is 12.1 Å². The molecule has 12 heavy (non-hydrogen) atoms. The van der Waals surface area contributed by atoms with E-state index in [9.17, 15) is 5.11 Å². The standard InChI is InChI=1S/C10H9NO/c1-11-7-6-10(12)8-4-2-3-5-9(8)11/h2-7H,1H3/p+1. The second-order valence-electron chi connectivity index (χ2n) is 2.83. The Bertz CT molecular complexity index is 383. The molecule has 0 atom stereocenters. The minimum Gasteiger partial charge on any atom is -0.507 e. The average Bonchev–Trinajstić information content (AvgIpc) is 2.12. The first kappa shape index (κ1) is 7.10. The Morgan fingerprint density at radius 3 is 2.67 bits per heavy atom. The number of para-hydroxylation sites is 1. The molecular formula is C10H10NO+. The molecule has 0 amide bonds. The summed E-state index contributed by atoms with van der Waals surface area (Å²) in [5.74, 6) is 0.337. The van der Waals surface area contributed by atoms with E-state index >= 15 is 0 Å². The smallest absolute Gasteiger partial charge is 0.216 e. The van der Waals surface area contributed by atoms with Gasteiger partial charge in [-0.2, -0.15) is 0 Å². The van der Waals surface area contributed by atoms with Gasteiger partial charge in [0.05, 0.1) is 5.39 Å². The Hall–Kier alpha value is -1.57. The maximum Gasteiger partial charge on any atom is 0.216 e. The molecular weight excluding hydrogens is 150 g/mol. The van der Waals surface area contributed by atoms with E-state index in [4.69, 9.17) is 0 Å². The van der Waals surface area contributed by atoms with Crippen molar-refractivity contribution >= 4 is 10.9 Å². The Balaban J connectivity index is 2.95. The van der Waals surface area contributed by atoms with Crippen molar-refractivity contribution in [3.8, 4) is 5.75 Å². The molecule has 0 unspecified atom stereocenters. The third-order valence-corrected chi connectivity index (χ3v) is 2.02. The van der Waals surface area contributed by atoms with Gasteiger partial charge in [-0.05, 0) is 6.07 Å². The van der Waals surface area contributed by atoms with Crippen molar-refractivity contribution in [3.05, 3.63) is 36.5 Å². The van der Waals surface area contributed by atoms with Gasteiger partial charge in [-0.25, -0.2) is 4.57 Å². The van der Waals surface area contributed by atoms with Gasteiger partial charge in [-0.15, -0.1) is 0 Å². The molecule has 2 heteroatoms. The lowest BCUT2D eigenvalue weighted by Gasteiger charge is -1.97. The molecule has 1 heterocycles. The Labute approximate surface area is 70.7 Å². The number of benzene rings is 1. The van der Waals surface area contributed by atoms with Crippen LogP contribution in [-0.2, 0) is 7.05 Å². The Morgan fingerprint density at radius 1 is 1.17 bits per heavy atom. The van der Waals surface area contributed by atoms with Crippen molar-refractivity contribution in [3.63, 3.8) is 0 Å². The van der Waals surface area contributed by atoms with Crippen LogP contribution in [0.15, 0.2) is 36.5 Å². The zero-order chi connectivity index (χ0) is 8.55. The summed E-state index contributed by atoms with van der Waals surface area (Å²) in [6.07, 6.45) is 1.84. The SMILES string of the molecule is C[n+]1ccc(O)c2ccccc21. The maximum atomic E-state index is 9.48. The first-order valence-corrected chi connectivity index (χ1v) is 3.85. The van der Waals surface area contributed by atoms with Crippen LogP contribution in [0.2, 0.25) is 0 Å². The fourth-order valence-corrected chi connectivity index (χ4v) is 1.35. The third-order valence-electron chi connectivity index (χ3n) is 2.02. The number of fused-ring (bicyclic) bond motifs is 1. The molecule has 0 bridgehead atoms. The molecule has 60 valence electrons. The van der Waals surface area contributed by atoms with Crippen LogP contribution in [0.1, 0.15) is 0 Å². The molecule has 2 nitrogen and oxygen atoms in total. The van der Waals surface area contributed by atoms with E-state index in [0.717, 1.165) is 10.9 Å². The summed E-state index contributed by atoms with van der Waals surface area (Å²) < 4.78 is 1.98. The highest BCUT2D eigenvalue weighted by atomic mass is 16.3. The number of aromatic hydroxyl groups is 1. The molecule has 0 aliphatic rings. The quantitative estimate of drug-likeness (QED) is 0.578.